The summed E-state index contributed by atoms with van der Waals surface area (Å²) in [6.07, 6.45) is -1.70. The second kappa shape index (κ2) is 7.76. The van der Waals surface area contributed by atoms with Crippen molar-refractivity contribution in [2.75, 3.05) is 25.4 Å². The number of nitrogens with zero attached hydrogens (tertiary/aromatic N) is 1. The van der Waals surface area contributed by atoms with Crippen LogP contribution in [0.3, 0.4) is 0 Å². The van der Waals surface area contributed by atoms with Crippen LogP contribution in [0.15, 0.2) is 24.3 Å². The summed E-state index contributed by atoms with van der Waals surface area (Å²) in [6, 6.07) is 3.32. The van der Waals surface area contributed by atoms with Crippen molar-refractivity contribution in [1.29, 1.82) is 0 Å². The number of alkyl halides is 3. The Kier molecular flexibility index (Phi) is 6.12. The molecule has 10 heteroatoms. The Bertz CT molecular complexity index is 779. The Balaban J connectivity index is 1.90. The van der Waals surface area contributed by atoms with Crippen LogP contribution in [0.1, 0.15) is 17.5 Å². The predicted octanol–water partition coefficient (Wildman–Crippen LogP) is 2.52. The lowest BCUT2D eigenvalue weighted by Crippen LogP contribution is -2.35. The Morgan fingerprint density at radius 1 is 1.36 bits per heavy atom. The summed E-state index contributed by atoms with van der Waals surface area (Å²) in [5, 5.41) is 2.08. The van der Waals surface area contributed by atoms with Crippen LogP contribution in [-0.2, 0) is 21.0 Å². The molecule has 0 aliphatic carbocycles. The minimum atomic E-state index is -4.58. The molecule has 138 valence electrons. The van der Waals surface area contributed by atoms with Gasteiger partial charge in [-0.15, -0.1) is 0 Å². The summed E-state index contributed by atoms with van der Waals surface area (Å²) in [4.78, 5) is 11.7. The van der Waals surface area contributed by atoms with E-state index in [1.54, 1.807) is 0 Å². The molecule has 1 N–H and O–H groups in total. The average Bonchev–Trinajstić information content (AvgIpc) is 2.84. The zero-order chi connectivity index (χ0) is 18.7. The Morgan fingerprint density at radius 2 is 2.08 bits per heavy atom. The number of hydrogen-bond donors (Lipinski definition) is 1. The molecule has 1 aliphatic rings. The van der Waals surface area contributed by atoms with Crippen molar-refractivity contribution >= 4 is 33.6 Å². The van der Waals surface area contributed by atoms with Gasteiger partial charge in [0, 0.05) is 25.7 Å². The van der Waals surface area contributed by atoms with Crippen LogP contribution >= 0.6 is 11.6 Å². The molecular weight excluding hydrogens is 381 g/mol. The molecule has 5 nitrogen and oxygen atoms in total. The molecule has 1 fully saturated rings. The van der Waals surface area contributed by atoms with Gasteiger partial charge in [0.05, 0.1) is 16.3 Å². The van der Waals surface area contributed by atoms with E-state index in [-0.39, 0.29) is 24.4 Å². The molecule has 0 unspecified atom stereocenters. The molecule has 0 aromatic heterocycles. The van der Waals surface area contributed by atoms with Crippen LogP contribution in [0.25, 0.3) is 6.08 Å². The van der Waals surface area contributed by atoms with Crippen molar-refractivity contribution in [2.24, 2.45) is 0 Å². The quantitative estimate of drug-likeness (QED) is 0.778. The van der Waals surface area contributed by atoms with Crippen LogP contribution < -0.4 is 5.32 Å². The fourth-order valence-electron chi connectivity index (χ4n) is 2.34. The largest absolute Gasteiger partial charge is 0.417 e. The zero-order valence-corrected chi connectivity index (χ0v) is 14.6. The number of nitrogens with one attached hydrogen (secondary N) is 1. The summed E-state index contributed by atoms with van der Waals surface area (Å²) in [5.41, 5.74) is -0.801. The summed E-state index contributed by atoms with van der Waals surface area (Å²) in [5.74, 6) is -0.418. The van der Waals surface area contributed by atoms with Crippen molar-refractivity contribution in [3.8, 4) is 0 Å². The zero-order valence-electron chi connectivity index (χ0n) is 13.0. The average molecular weight is 397 g/mol. The van der Waals surface area contributed by atoms with Gasteiger partial charge in [0.15, 0.2) is 0 Å². The molecule has 1 amide bonds. The number of carbonyl (C=O) groups excluding carboxylic acids is 1. The lowest BCUT2D eigenvalue weighted by Gasteiger charge is -2.13. The maximum Gasteiger partial charge on any atom is 0.417 e. The summed E-state index contributed by atoms with van der Waals surface area (Å²) < 4.78 is 62.8. The Hall–Kier alpha value is -1.58. The lowest BCUT2D eigenvalue weighted by molar-refractivity contribution is -0.137. The number of halogens is 4. The second-order valence-corrected chi connectivity index (χ2v) is 7.93. The van der Waals surface area contributed by atoms with E-state index >= 15 is 0 Å². The van der Waals surface area contributed by atoms with E-state index in [9.17, 15) is 26.4 Å². The summed E-state index contributed by atoms with van der Waals surface area (Å²) in [6.45, 7) is 0.719. The number of hydrogen-bond acceptors (Lipinski definition) is 3. The van der Waals surface area contributed by atoms with Gasteiger partial charge in [0.2, 0.25) is 15.9 Å². The Morgan fingerprint density at radius 3 is 2.68 bits per heavy atom. The lowest BCUT2D eigenvalue weighted by atomic mass is 10.1. The number of benzene rings is 1. The van der Waals surface area contributed by atoms with E-state index in [0.29, 0.717) is 13.0 Å². The maximum atomic E-state index is 12.8. The standard InChI is InChI=1S/C15H16ClF3N2O3S/c16-13-4-2-11(10-12(13)15(17,18)19)3-5-14(22)20-6-8-21-7-1-9-25(21,23)24/h2-5,10H,1,6-9H2,(H,20,22)/b5-3+. The molecule has 25 heavy (non-hydrogen) atoms. The first-order valence-electron chi connectivity index (χ1n) is 7.40. The van der Waals surface area contributed by atoms with Crippen LogP contribution in [0.4, 0.5) is 13.2 Å². The molecule has 1 heterocycles. The third kappa shape index (κ3) is 5.45. The Labute approximate surface area is 148 Å². The minimum Gasteiger partial charge on any atom is -0.351 e. The first-order valence-corrected chi connectivity index (χ1v) is 9.39. The highest BCUT2D eigenvalue weighted by atomic mass is 35.5. The first kappa shape index (κ1) is 19.7. The molecule has 0 bridgehead atoms. The minimum absolute atomic E-state index is 0.110. The molecule has 2 rings (SSSR count). The van der Waals surface area contributed by atoms with E-state index in [1.807, 2.05) is 0 Å². The van der Waals surface area contributed by atoms with Gasteiger partial charge in [-0.05, 0) is 30.2 Å². The van der Waals surface area contributed by atoms with Gasteiger partial charge >= 0.3 is 6.18 Å². The fraction of sp³-hybridized carbons (Fsp3) is 0.400. The van der Waals surface area contributed by atoms with Gasteiger partial charge in [-0.3, -0.25) is 4.79 Å². The van der Waals surface area contributed by atoms with E-state index in [4.69, 9.17) is 11.6 Å². The molecule has 0 spiro atoms. The highest BCUT2D eigenvalue weighted by Gasteiger charge is 2.33. The number of carbonyl (C=O) groups is 1. The molecule has 1 aliphatic heterocycles. The molecule has 1 aromatic carbocycles. The van der Waals surface area contributed by atoms with E-state index in [2.05, 4.69) is 5.32 Å². The van der Waals surface area contributed by atoms with Crippen LogP contribution in [0.5, 0.6) is 0 Å². The molecule has 1 saturated heterocycles. The van der Waals surface area contributed by atoms with E-state index < -0.39 is 32.7 Å². The topological polar surface area (TPSA) is 66.5 Å². The van der Waals surface area contributed by atoms with E-state index in [0.717, 1.165) is 18.2 Å². The fourth-order valence-corrected chi connectivity index (χ4v) is 4.09. The summed E-state index contributed by atoms with van der Waals surface area (Å²) in [7, 11) is -3.22. The van der Waals surface area contributed by atoms with Crippen molar-refractivity contribution in [3.05, 3.63) is 40.4 Å². The van der Waals surface area contributed by atoms with Crippen LogP contribution in [0, 0.1) is 0 Å². The number of rotatable bonds is 5. The predicted molar refractivity (Wildman–Crippen MR) is 88.5 cm³/mol. The third-order valence-electron chi connectivity index (χ3n) is 3.59. The van der Waals surface area contributed by atoms with Crippen LogP contribution in [-0.4, -0.2) is 44.0 Å². The van der Waals surface area contributed by atoms with Crippen molar-refractivity contribution in [2.45, 2.75) is 12.6 Å². The normalized spacial score (nSPS) is 17.9. The summed E-state index contributed by atoms with van der Waals surface area (Å²) >= 11 is 5.52. The molecule has 0 radical (unpaired) electrons. The molecule has 1 aromatic rings. The van der Waals surface area contributed by atoms with Gasteiger partial charge in [-0.25, -0.2) is 12.7 Å². The van der Waals surface area contributed by atoms with Gasteiger partial charge in [-0.1, -0.05) is 17.7 Å². The van der Waals surface area contributed by atoms with Gasteiger partial charge < -0.3 is 5.32 Å². The van der Waals surface area contributed by atoms with Gasteiger partial charge in [0.1, 0.15) is 0 Å². The van der Waals surface area contributed by atoms with Crippen molar-refractivity contribution in [1.82, 2.24) is 9.62 Å². The SMILES string of the molecule is O=C(/C=C/c1ccc(Cl)c(C(F)(F)F)c1)NCCN1CCCS1(=O)=O. The monoisotopic (exact) mass is 396 g/mol. The van der Waals surface area contributed by atoms with Gasteiger partial charge in [0.25, 0.3) is 0 Å². The smallest absolute Gasteiger partial charge is 0.351 e. The number of sulfonamides is 1. The molecule has 0 saturated carbocycles. The maximum absolute atomic E-state index is 12.8. The van der Waals surface area contributed by atoms with Crippen LogP contribution in [0.2, 0.25) is 5.02 Å². The van der Waals surface area contributed by atoms with Gasteiger partial charge in [-0.2, -0.15) is 13.2 Å². The third-order valence-corrected chi connectivity index (χ3v) is 5.87. The van der Waals surface area contributed by atoms with E-state index in [1.165, 1.54) is 16.4 Å². The van der Waals surface area contributed by atoms with Crippen molar-refractivity contribution < 1.29 is 26.4 Å². The molecular formula is C15H16ClF3N2O3S. The highest BCUT2D eigenvalue weighted by Crippen LogP contribution is 2.35. The molecule has 0 atom stereocenters. The second-order valence-electron chi connectivity index (χ2n) is 5.43. The number of amides is 1. The van der Waals surface area contributed by atoms with Crippen molar-refractivity contribution in [3.63, 3.8) is 0 Å². The first-order chi connectivity index (χ1) is 11.6. The highest BCUT2D eigenvalue weighted by molar-refractivity contribution is 7.89.